The molecule has 1 saturated carbocycles. The molecule has 25 heavy (non-hydrogen) atoms. The highest BCUT2D eigenvalue weighted by Gasteiger charge is 2.42. The fourth-order valence-corrected chi connectivity index (χ4v) is 3.60. The summed E-state index contributed by atoms with van der Waals surface area (Å²) < 4.78 is 5.60. The lowest BCUT2D eigenvalue weighted by atomic mass is 9.77. The molecule has 0 radical (unpaired) electrons. The Bertz CT molecular complexity index is 698. The lowest BCUT2D eigenvalue weighted by Crippen LogP contribution is -2.38. The van der Waals surface area contributed by atoms with Crippen LogP contribution < -0.4 is 10.1 Å². The summed E-state index contributed by atoms with van der Waals surface area (Å²) in [6, 6.07) is 16.1. The standard InChI is InChI=1S/C22H27NO2/c1-3-16-25-20-12-10-19(11-13-20)23-21(24)22(14-4-5-15-22)18-8-6-17(2)7-9-18/h6-13H,3-5,14-16H2,1-2H3,(H,23,24). The maximum absolute atomic E-state index is 13.1. The maximum atomic E-state index is 13.1. The van der Waals surface area contributed by atoms with Crippen molar-refractivity contribution in [3.63, 3.8) is 0 Å². The van der Waals surface area contributed by atoms with E-state index in [-0.39, 0.29) is 5.91 Å². The van der Waals surface area contributed by atoms with Crippen LogP contribution in [-0.2, 0) is 10.2 Å². The average Bonchev–Trinajstić information content (AvgIpc) is 3.13. The Hall–Kier alpha value is -2.29. The summed E-state index contributed by atoms with van der Waals surface area (Å²) in [5.74, 6) is 0.949. The van der Waals surface area contributed by atoms with Crippen molar-refractivity contribution in [3.8, 4) is 5.75 Å². The van der Waals surface area contributed by atoms with Crippen molar-refractivity contribution in [1.29, 1.82) is 0 Å². The Kier molecular flexibility index (Phi) is 5.42. The van der Waals surface area contributed by atoms with Crippen molar-refractivity contribution in [3.05, 3.63) is 59.7 Å². The van der Waals surface area contributed by atoms with Gasteiger partial charge in [-0.3, -0.25) is 4.79 Å². The van der Waals surface area contributed by atoms with Gasteiger partial charge in [0.1, 0.15) is 5.75 Å². The Labute approximate surface area is 150 Å². The third-order valence-electron chi connectivity index (χ3n) is 5.08. The number of carbonyl (C=O) groups excluding carboxylic acids is 1. The number of benzene rings is 2. The zero-order chi connectivity index (χ0) is 17.7. The van der Waals surface area contributed by atoms with Gasteiger partial charge in [-0.15, -0.1) is 0 Å². The molecule has 3 rings (SSSR count). The van der Waals surface area contributed by atoms with Gasteiger partial charge >= 0.3 is 0 Å². The monoisotopic (exact) mass is 337 g/mol. The Balaban J connectivity index is 1.76. The first kappa shape index (κ1) is 17.5. The van der Waals surface area contributed by atoms with Gasteiger partial charge in [-0.25, -0.2) is 0 Å². The molecule has 0 aliphatic heterocycles. The summed E-state index contributed by atoms with van der Waals surface area (Å²) in [6.07, 6.45) is 5.02. The number of rotatable bonds is 6. The van der Waals surface area contributed by atoms with Crippen LogP contribution in [0.25, 0.3) is 0 Å². The first-order valence-corrected chi connectivity index (χ1v) is 9.25. The van der Waals surface area contributed by atoms with Gasteiger partial charge in [0.2, 0.25) is 5.91 Å². The summed E-state index contributed by atoms with van der Waals surface area (Å²) in [5, 5.41) is 3.13. The molecule has 0 saturated heterocycles. The third-order valence-corrected chi connectivity index (χ3v) is 5.08. The second-order valence-corrected chi connectivity index (χ2v) is 6.98. The lowest BCUT2D eigenvalue weighted by Gasteiger charge is -2.28. The second kappa shape index (κ2) is 7.73. The lowest BCUT2D eigenvalue weighted by molar-refractivity contribution is -0.121. The van der Waals surface area contributed by atoms with Gasteiger partial charge < -0.3 is 10.1 Å². The molecule has 2 aromatic rings. The molecule has 3 nitrogen and oxygen atoms in total. The van der Waals surface area contributed by atoms with Crippen LogP contribution in [0, 0.1) is 6.92 Å². The summed E-state index contributed by atoms with van der Waals surface area (Å²) in [6.45, 7) is 4.87. The molecule has 2 aromatic carbocycles. The number of hydrogen-bond donors (Lipinski definition) is 1. The highest BCUT2D eigenvalue weighted by atomic mass is 16.5. The van der Waals surface area contributed by atoms with E-state index < -0.39 is 5.41 Å². The smallest absolute Gasteiger partial charge is 0.235 e. The molecule has 1 N–H and O–H groups in total. The fraction of sp³-hybridized carbons (Fsp3) is 0.409. The quantitative estimate of drug-likeness (QED) is 0.783. The molecular weight excluding hydrogens is 310 g/mol. The largest absolute Gasteiger partial charge is 0.494 e. The zero-order valence-corrected chi connectivity index (χ0v) is 15.2. The van der Waals surface area contributed by atoms with E-state index in [4.69, 9.17) is 4.74 Å². The van der Waals surface area contributed by atoms with Gasteiger partial charge in [-0.1, -0.05) is 49.6 Å². The molecule has 132 valence electrons. The molecular formula is C22H27NO2. The van der Waals surface area contributed by atoms with E-state index in [1.807, 2.05) is 24.3 Å². The van der Waals surface area contributed by atoms with Crippen LogP contribution in [0.4, 0.5) is 5.69 Å². The van der Waals surface area contributed by atoms with Crippen molar-refractivity contribution >= 4 is 11.6 Å². The summed E-state index contributed by atoms with van der Waals surface area (Å²) >= 11 is 0. The molecule has 0 heterocycles. The van der Waals surface area contributed by atoms with Crippen LogP contribution in [0.2, 0.25) is 0 Å². The van der Waals surface area contributed by atoms with Gasteiger partial charge in [-0.05, 0) is 56.0 Å². The maximum Gasteiger partial charge on any atom is 0.235 e. The van der Waals surface area contributed by atoms with Crippen molar-refractivity contribution in [2.75, 3.05) is 11.9 Å². The number of anilines is 1. The zero-order valence-electron chi connectivity index (χ0n) is 15.2. The van der Waals surface area contributed by atoms with E-state index in [1.54, 1.807) is 0 Å². The summed E-state index contributed by atoms with van der Waals surface area (Å²) in [4.78, 5) is 13.1. The van der Waals surface area contributed by atoms with Crippen LogP contribution in [-0.4, -0.2) is 12.5 Å². The normalized spacial score (nSPS) is 15.8. The molecule has 0 atom stereocenters. The van der Waals surface area contributed by atoms with E-state index in [9.17, 15) is 4.79 Å². The van der Waals surface area contributed by atoms with Crippen LogP contribution in [0.3, 0.4) is 0 Å². The van der Waals surface area contributed by atoms with Gasteiger partial charge in [0.25, 0.3) is 0 Å². The van der Waals surface area contributed by atoms with Crippen molar-refractivity contribution in [2.45, 2.75) is 51.4 Å². The number of carbonyl (C=O) groups is 1. The molecule has 0 unspecified atom stereocenters. The first-order chi connectivity index (χ1) is 12.1. The molecule has 1 amide bonds. The minimum Gasteiger partial charge on any atom is -0.494 e. The number of hydrogen-bond acceptors (Lipinski definition) is 2. The number of ether oxygens (including phenoxy) is 1. The van der Waals surface area contributed by atoms with E-state index >= 15 is 0 Å². The molecule has 0 spiro atoms. The molecule has 3 heteroatoms. The van der Waals surface area contributed by atoms with Gasteiger partial charge in [-0.2, -0.15) is 0 Å². The minimum absolute atomic E-state index is 0.107. The van der Waals surface area contributed by atoms with Crippen LogP contribution in [0.15, 0.2) is 48.5 Å². The first-order valence-electron chi connectivity index (χ1n) is 9.25. The van der Waals surface area contributed by atoms with Gasteiger partial charge in [0.15, 0.2) is 0 Å². The Morgan fingerprint density at radius 2 is 1.68 bits per heavy atom. The Morgan fingerprint density at radius 3 is 2.28 bits per heavy atom. The predicted molar refractivity (Wildman–Crippen MR) is 102 cm³/mol. The number of amides is 1. The molecule has 1 aliphatic carbocycles. The van der Waals surface area contributed by atoms with Crippen molar-refractivity contribution < 1.29 is 9.53 Å². The van der Waals surface area contributed by atoms with Crippen LogP contribution >= 0.6 is 0 Å². The molecule has 1 fully saturated rings. The SMILES string of the molecule is CCCOc1ccc(NC(=O)C2(c3ccc(C)cc3)CCCC2)cc1. The Morgan fingerprint density at radius 1 is 1.04 bits per heavy atom. The summed E-state index contributed by atoms with van der Waals surface area (Å²) in [5.41, 5.74) is 2.79. The van der Waals surface area contributed by atoms with E-state index in [0.717, 1.165) is 49.1 Å². The summed E-state index contributed by atoms with van der Waals surface area (Å²) in [7, 11) is 0. The van der Waals surface area contributed by atoms with Crippen LogP contribution in [0.5, 0.6) is 5.75 Å². The minimum atomic E-state index is -0.398. The van der Waals surface area contributed by atoms with Crippen molar-refractivity contribution in [2.24, 2.45) is 0 Å². The topological polar surface area (TPSA) is 38.3 Å². The molecule has 0 bridgehead atoms. The van der Waals surface area contributed by atoms with Crippen molar-refractivity contribution in [1.82, 2.24) is 0 Å². The van der Waals surface area contributed by atoms with E-state index in [0.29, 0.717) is 6.61 Å². The fourth-order valence-electron chi connectivity index (χ4n) is 3.60. The molecule has 1 aliphatic rings. The average molecular weight is 337 g/mol. The van der Waals surface area contributed by atoms with Gasteiger partial charge in [0, 0.05) is 5.69 Å². The molecule has 0 aromatic heterocycles. The highest BCUT2D eigenvalue weighted by molar-refractivity contribution is 5.99. The van der Waals surface area contributed by atoms with E-state index in [1.165, 1.54) is 5.56 Å². The number of aryl methyl sites for hydroxylation is 1. The number of nitrogens with one attached hydrogen (secondary N) is 1. The predicted octanol–water partition coefficient (Wildman–Crippen LogP) is 5.23. The van der Waals surface area contributed by atoms with E-state index in [2.05, 4.69) is 43.4 Å². The second-order valence-electron chi connectivity index (χ2n) is 6.98. The van der Waals surface area contributed by atoms with Crippen LogP contribution in [0.1, 0.15) is 50.2 Å². The van der Waals surface area contributed by atoms with Gasteiger partial charge in [0.05, 0.1) is 12.0 Å². The third kappa shape index (κ3) is 3.87. The highest BCUT2D eigenvalue weighted by Crippen LogP contribution is 2.42.